The van der Waals surface area contributed by atoms with Crippen LogP contribution in [0.1, 0.15) is 29.4 Å². The monoisotopic (exact) mass is 293 g/mol. The molecule has 6 heteroatoms. The Morgan fingerprint density at radius 2 is 2.30 bits per heavy atom. The Hall–Kier alpha value is -1.66. The van der Waals surface area contributed by atoms with Crippen LogP contribution in [0.4, 0.5) is 5.69 Å². The standard InChI is InChI=1S/C14H19N3O2S/c1-2-3-7-17(8-9-18)14(19)12-11(15)10-5-4-6-16-13(10)20-12/h4-6,18H,2-3,7-9,15H2,1H3. The van der Waals surface area contributed by atoms with Gasteiger partial charge >= 0.3 is 0 Å². The van der Waals surface area contributed by atoms with Crippen LogP contribution in [0.5, 0.6) is 0 Å². The second kappa shape index (κ2) is 6.67. The number of aliphatic hydroxyl groups is 1. The Labute approximate surface area is 122 Å². The second-order valence-electron chi connectivity index (χ2n) is 4.57. The number of carbonyl (C=O) groups excluding carboxylic acids is 1. The SMILES string of the molecule is CCCCN(CCO)C(=O)c1sc2ncccc2c1N. The van der Waals surface area contributed by atoms with Gasteiger partial charge in [-0.2, -0.15) is 0 Å². The minimum Gasteiger partial charge on any atom is -0.397 e. The number of hydrogen-bond acceptors (Lipinski definition) is 5. The van der Waals surface area contributed by atoms with Crippen LogP contribution in [0.15, 0.2) is 18.3 Å². The van der Waals surface area contributed by atoms with Gasteiger partial charge in [0.15, 0.2) is 0 Å². The highest BCUT2D eigenvalue weighted by Crippen LogP contribution is 2.32. The van der Waals surface area contributed by atoms with Crippen LogP contribution in [0, 0.1) is 0 Å². The van der Waals surface area contributed by atoms with Gasteiger partial charge in [0, 0.05) is 24.7 Å². The van der Waals surface area contributed by atoms with Crippen LogP contribution < -0.4 is 5.73 Å². The molecule has 0 saturated carbocycles. The first kappa shape index (κ1) is 14.7. The molecule has 0 bridgehead atoms. The number of pyridine rings is 1. The van der Waals surface area contributed by atoms with Gasteiger partial charge in [-0.3, -0.25) is 4.79 Å². The van der Waals surface area contributed by atoms with Gasteiger partial charge in [0.25, 0.3) is 5.91 Å². The molecule has 1 amide bonds. The van der Waals surface area contributed by atoms with E-state index in [4.69, 9.17) is 10.8 Å². The first-order chi connectivity index (χ1) is 9.69. The zero-order valence-corrected chi connectivity index (χ0v) is 12.3. The van der Waals surface area contributed by atoms with Crippen LogP contribution in [-0.2, 0) is 0 Å². The van der Waals surface area contributed by atoms with Crippen molar-refractivity contribution in [1.82, 2.24) is 9.88 Å². The third kappa shape index (κ3) is 2.91. The van der Waals surface area contributed by atoms with Gasteiger partial charge in [-0.15, -0.1) is 11.3 Å². The maximum absolute atomic E-state index is 12.5. The summed E-state index contributed by atoms with van der Waals surface area (Å²) >= 11 is 1.31. The minimum absolute atomic E-state index is 0.0432. The topological polar surface area (TPSA) is 79.5 Å². The van der Waals surface area contributed by atoms with E-state index in [9.17, 15) is 4.79 Å². The molecule has 0 saturated heterocycles. The molecular formula is C14H19N3O2S. The Morgan fingerprint density at radius 1 is 1.50 bits per heavy atom. The number of aromatic nitrogens is 1. The van der Waals surface area contributed by atoms with E-state index in [2.05, 4.69) is 11.9 Å². The van der Waals surface area contributed by atoms with Crippen molar-refractivity contribution in [3.8, 4) is 0 Å². The summed E-state index contributed by atoms with van der Waals surface area (Å²) in [6, 6.07) is 3.68. The maximum atomic E-state index is 12.5. The van der Waals surface area contributed by atoms with Crippen molar-refractivity contribution in [3.05, 3.63) is 23.2 Å². The largest absolute Gasteiger partial charge is 0.397 e. The summed E-state index contributed by atoms with van der Waals surface area (Å²) < 4.78 is 0. The number of nitrogens with zero attached hydrogens (tertiary/aromatic N) is 2. The van der Waals surface area contributed by atoms with Crippen molar-refractivity contribution in [2.45, 2.75) is 19.8 Å². The van der Waals surface area contributed by atoms with Gasteiger partial charge < -0.3 is 15.7 Å². The number of rotatable bonds is 6. The average Bonchev–Trinajstić information content (AvgIpc) is 2.80. The maximum Gasteiger partial charge on any atom is 0.266 e. The van der Waals surface area contributed by atoms with Gasteiger partial charge in [-0.1, -0.05) is 13.3 Å². The number of amides is 1. The lowest BCUT2D eigenvalue weighted by molar-refractivity contribution is 0.0725. The van der Waals surface area contributed by atoms with Crippen LogP contribution in [0.2, 0.25) is 0 Å². The van der Waals surface area contributed by atoms with Crippen LogP contribution in [0.3, 0.4) is 0 Å². The second-order valence-corrected chi connectivity index (χ2v) is 5.57. The molecule has 2 rings (SSSR count). The summed E-state index contributed by atoms with van der Waals surface area (Å²) in [5.41, 5.74) is 6.55. The number of anilines is 1. The van der Waals surface area contributed by atoms with E-state index in [1.165, 1.54) is 11.3 Å². The van der Waals surface area contributed by atoms with Crippen LogP contribution >= 0.6 is 11.3 Å². The van der Waals surface area contributed by atoms with E-state index in [1.807, 2.05) is 12.1 Å². The zero-order valence-electron chi connectivity index (χ0n) is 11.5. The molecule has 0 radical (unpaired) electrons. The van der Waals surface area contributed by atoms with Crippen molar-refractivity contribution in [2.24, 2.45) is 0 Å². The molecule has 0 aromatic carbocycles. The molecule has 20 heavy (non-hydrogen) atoms. The van der Waals surface area contributed by atoms with E-state index in [1.54, 1.807) is 11.1 Å². The quantitative estimate of drug-likeness (QED) is 0.855. The Balaban J connectivity index is 2.30. The van der Waals surface area contributed by atoms with Crippen molar-refractivity contribution in [3.63, 3.8) is 0 Å². The van der Waals surface area contributed by atoms with Gasteiger partial charge in [-0.25, -0.2) is 4.98 Å². The predicted octanol–water partition coefficient (Wildman–Crippen LogP) is 2.11. The fourth-order valence-corrected chi connectivity index (χ4v) is 3.07. The summed E-state index contributed by atoms with van der Waals surface area (Å²) in [6.07, 6.45) is 3.60. The van der Waals surface area contributed by atoms with Gasteiger partial charge in [0.05, 0.1) is 12.3 Å². The van der Waals surface area contributed by atoms with Crippen molar-refractivity contribution < 1.29 is 9.90 Å². The van der Waals surface area contributed by atoms with Crippen molar-refractivity contribution in [2.75, 3.05) is 25.4 Å². The summed E-state index contributed by atoms with van der Waals surface area (Å²) in [4.78, 5) is 19.7. The zero-order chi connectivity index (χ0) is 14.5. The number of nitrogen functional groups attached to an aromatic ring is 1. The smallest absolute Gasteiger partial charge is 0.266 e. The van der Waals surface area contributed by atoms with Gasteiger partial charge in [0.1, 0.15) is 9.71 Å². The number of carbonyl (C=O) groups is 1. The predicted molar refractivity (Wildman–Crippen MR) is 81.9 cm³/mol. The van der Waals surface area contributed by atoms with E-state index in [-0.39, 0.29) is 12.5 Å². The van der Waals surface area contributed by atoms with Crippen LogP contribution in [-0.4, -0.2) is 40.6 Å². The summed E-state index contributed by atoms with van der Waals surface area (Å²) in [5, 5.41) is 9.93. The summed E-state index contributed by atoms with van der Waals surface area (Å²) in [7, 11) is 0. The third-order valence-corrected chi connectivity index (χ3v) is 4.25. The van der Waals surface area contributed by atoms with Crippen molar-refractivity contribution in [1.29, 1.82) is 0 Å². The number of hydrogen-bond donors (Lipinski definition) is 2. The van der Waals surface area contributed by atoms with E-state index < -0.39 is 0 Å². The third-order valence-electron chi connectivity index (χ3n) is 3.14. The first-order valence-corrected chi connectivity index (χ1v) is 7.53. The minimum atomic E-state index is -0.118. The summed E-state index contributed by atoms with van der Waals surface area (Å²) in [6.45, 7) is 2.99. The molecule has 2 aromatic heterocycles. The molecular weight excluding hydrogens is 274 g/mol. The molecule has 0 aliphatic carbocycles. The van der Waals surface area contributed by atoms with Gasteiger partial charge in [-0.05, 0) is 18.6 Å². The molecule has 0 atom stereocenters. The number of nitrogens with two attached hydrogens (primary N) is 1. The molecule has 0 aliphatic rings. The lowest BCUT2D eigenvalue weighted by Crippen LogP contribution is -2.34. The Kier molecular flexibility index (Phi) is 4.92. The molecule has 3 N–H and O–H groups in total. The normalized spacial score (nSPS) is 10.9. The highest BCUT2D eigenvalue weighted by molar-refractivity contribution is 7.21. The van der Waals surface area contributed by atoms with E-state index in [0.717, 1.165) is 23.1 Å². The van der Waals surface area contributed by atoms with Gasteiger partial charge in [0.2, 0.25) is 0 Å². The molecule has 2 heterocycles. The first-order valence-electron chi connectivity index (χ1n) is 6.72. The summed E-state index contributed by atoms with van der Waals surface area (Å²) in [5.74, 6) is -0.118. The lowest BCUT2D eigenvalue weighted by atomic mass is 10.2. The molecule has 0 fully saturated rings. The highest BCUT2D eigenvalue weighted by Gasteiger charge is 2.21. The number of thiophene rings is 1. The molecule has 0 unspecified atom stereocenters. The number of aliphatic hydroxyl groups excluding tert-OH is 1. The van der Waals surface area contributed by atoms with Crippen LogP contribution in [0.25, 0.3) is 10.2 Å². The molecule has 108 valence electrons. The molecule has 2 aromatic rings. The Morgan fingerprint density at radius 3 is 2.95 bits per heavy atom. The average molecular weight is 293 g/mol. The highest BCUT2D eigenvalue weighted by atomic mass is 32.1. The molecule has 0 aliphatic heterocycles. The fourth-order valence-electron chi connectivity index (χ4n) is 2.04. The molecule has 5 nitrogen and oxygen atoms in total. The lowest BCUT2D eigenvalue weighted by Gasteiger charge is -2.21. The Bertz CT molecular complexity index is 597. The number of fused-ring (bicyclic) bond motifs is 1. The molecule has 0 spiro atoms. The number of unbranched alkanes of at least 4 members (excludes halogenated alkanes) is 1. The fraction of sp³-hybridized carbons (Fsp3) is 0.429. The van der Waals surface area contributed by atoms with Crippen molar-refractivity contribution >= 4 is 33.1 Å². The van der Waals surface area contributed by atoms with E-state index >= 15 is 0 Å². The van der Waals surface area contributed by atoms with E-state index in [0.29, 0.717) is 23.7 Å².